The molecule has 13 heteroatoms. The number of fused-ring (bicyclic) bond motifs is 2. The number of anilines is 1. The van der Waals surface area contributed by atoms with Crippen LogP contribution in [0, 0.1) is 5.92 Å². The average molecular weight is 604 g/mol. The van der Waals surface area contributed by atoms with Gasteiger partial charge in [-0.25, -0.2) is 4.90 Å². The standard InChI is InChI=1S/C28H24F3N3O5S2/c29-28(30,31)16-5-4-6-17(13-16)34-24(37)21-20(15-7-9-18(35)10-8-15)23-26(40-22(21)25(34)38)33(27(39)41-23)14-19(36)32-11-2-1-3-12-32/h4-10,13,20-22,35H,1-3,11-12,14H2/t20-,21?,22?/m0/s1. The Labute approximate surface area is 240 Å². The van der Waals surface area contributed by atoms with Gasteiger partial charge >= 0.3 is 11.0 Å². The lowest BCUT2D eigenvalue weighted by Crippen LogP contribution is -2.39. The van der Waals surface area contributed by atoms with E-state index in [0.717, 1.165) is 65.5 Å². The van der Waals surface area contributed by atoms with Gasteiger partial charge in [0.2, 0.25) is 17.7 Å². The van der Waals surface area contributed by atoms with Crippen LogP contribution in [0.15, 0.2) is 58.4 Å². The van der Waals surface area contributed by atoms with E-state index < -0.39 is 45.5 Å². The number of phenols is 1. The van der Waals surface area contributed by atoms with Crippen LogP contribution in [0.1, 0.15) is 41.2 Å². The molecular formula is C28H24F3N3O5S2. The van der Waals surface area contributed by atoms with Gasteiger partial charge in [-0.1, -0.05) is 41.3 Å². The van der Waals surface area contributed by atoms with Crippen molar-refractivity contribution in [3.8, 4) is 5.75 Å². The third-order valence-electron chi connectivity index (χ3n) is 7.74. The zero-order valence-corrected chi connectivity index (χ0v) is 23.1. The third kappa shape index (κ3) is 4.84. The summed E-state index contributed by atoms with van der Waals surface area (Å²) in [5, 5.41) is 9.23. The van der Waals surface area contributed by atoms with E-state index in [9.17, 15) is 37.5 Å². The Kier molecular flexibility index (Phi) is 6.97. The number of piperidine rings is 1. The fourth-order valence-electron chi connectivity index (χ4n) is 5.75. The highest BCUT2D eigenvalue weighted by Crippen LogP contribution is 2.54. The molecule has 2 aromatic carbocycles. The van der Waals surface area contributed by atoms with Crippen molar-refractivity contribution >= 4 is 46.5 Å². The van der Waals surface area contributed by atoms with Crippen LogP contribution in [0.25, 0.3) is 0 Å². The number of thiazole rings is 1. The number of thioether (sulfide) groups is 1. The van der Waals surface area contributed by atoms with Crippen LogP contribution in [-0.4, -0.2) is 50.6 Å². The van der Waals surface area contributed by atoms with E-state index >= 15 is 0 Å². The summed E-state index contributed by atoms with van der Waals surface area (Å²) in [6.45, 7) is 0.997. The topological polar surface area (TPSA) is 99.9 Å². The van der Waals surface area contributed by atoms with Crippen molar-refractivity contribution < 1.29 is 32.7 Å². The monoisotopic (exact) mass is 603 g/mol. The molecule has 0 radical (unpaired) electrons. The van der Waals surface area contributed by atoms with E-state index in [-0.39, 0.29) is 23.9 Å². The number of rotatable bonds is 4. The van der Waals surface area contributed by atoms with Gasteiger partial charge in [0.15, 0.2) is 0 Å². The van der Waals surface area contributed by atoms with Crippen molar-refractivity contribution in [1.82, 2.24) is 9.47 Å². The minimum atomic E-state index is -4.67. The van der Waals surface area contributed by atoms with E-state index in [1.807, 2.05) is 0 Å². The van der Waals surface area contributed by atoms with Gasteiger partial charge in [0.1, 0.15) is 17.5 Å². The minimum absolute atomic E-state index is 0.0204. The number of imide groups is 1. The van der Waals surface area contributed by atoms with Crippen molar-refractivity contribution in [2.24, 2.45) is 5.92 Å². The zero-order valence-electron chi connectivity index (χ0n) is 21.5. The molecule has 3 aliphatic heterocycles. The van der Waals surface area contributed by atoms with E-state index in [1.165, 1.54) is 22.8 Å². The Morgan fingerprint density at radius 3 is 2.37 bits per heavy atom. The summed E-state index contributed by atoms with van der Waals surface area (Å²) in [4.78, 5) is 56.6. The first-order valence-corrected chi connectivity index (χ1v) is 14.8. The fourth-order valence-corrected chi connectivity index (χ4v) is 8.52. The lowest BCUT2D eigenvalue weighted by atomic mass is 9.83. The Bertz CT molecular complexity index is 1590. The molecule has 6 rings (SSSR count). The molecule has 1 N–H and O–H groups in total. The minimum Gasteiger partial charge on any atom is -0.508 e. The Balaban J connectivity index is 1.43. The molecule has 0 spiro atoms. The maximum atomic E-state index is 13.9. The summed E-state index contributed by atoms with van der Waals surface area (Å²) in [5.74, 6) is -3.39. The number of benzene rings is 2. The highest BCUT2D eigenvalue weighted by molar-refractivity contribution is 8.00. The Hall–Kier alpha value is -3.58. The van der Waals surface area contributed by atoms with Crippen LogP contribution in [0.4, 0.5) is 18.9 Å². The Morgan fingerprint density at radius 1 is 0.976 bits per heavy atom. The molecule has 0 aliphatic carbocycles. The number of amides is 3. The zero-order chi connectivity index (χ0) is 29.1. The molecule has 1 aromatic heterocycles. The summed E-state index contributed by atoms with van der Waals surface area (Å²) >= 11 is 1.89. The maximum absolute atomic E-state index is 13.9. The molecule has 4 heterocycles. The highest BCUT2D eigenvalue weighted by Gasteiger charge is 2.57. The second-order valence-corrected chi connectivity index (χ2v) is 12.4. The predicted molar refractivity (Wildman–Crippen MR) is 146 cm³/mol. The number of phenolic OH excluding ortho intramolecular Hbond substituents is 1. The number of likely N-dealkylation sites (tertiary alicyclic amines) is 1. The van der Waals surface area contributed by atoms with Gasteiger partial charge in [-0.2, -0.15) is 13.2 Å². The van der Waals surface area contributed by atoms with E-state index in [4.69, 9.17) is 0 Å². The van der Waals surface area contributed by atoms with Gasteiger partial charge in [-0.15, -0.1) is 0 Å². The van der Waals surface area contributed by atoms with Crippen molar-refractivity contribution in [3.63, 3.8) is 0 Å². The van der Waals surface area contributed by atoms with Gasteiger partial charge in [-0.05, 0) is 55.2 Å². The number of halogens is 3. The number of aromatic nitrogens is 1. The molecular weight excluding hydrogens is 579 g/mol. The number of aromatic hydroxyl groups is 1. The van der Waals surface area contributed by atoms with Crippen molar-refractivity contribution in [3.05, 3.63) is 74.2 Å². The summed E-state index contributed by atoms with van der Waals surface area (Å²) in [6.07, 6.45) is -1.88. The molecule has 2 fully saturated rings. The fraction of sp³-hybridized carbons (Fsp3) is 0.357. The highest BCUT2D eigenvalue weighted by atomic mass is 32.2. The molecule has 2 unspecified atom stereocenters. The molecule has 3 amide bonds. The van der Waals surface area contributed by atoms with Crippen LogP contribution < -0.4 is 9.77 Å². The van der Waals surface area contributed by atoms with Gasteiger partial charge < -0.3 is 10.0 Å². The van der Waals surface area contributed by atoms with Crippen LogP contribution in [0.3, 0.4) is 0 Å². The molecule has 0 bridgehead atoms. The van der Waals surface area contributed by atoms with Crippen LogP contribution in [0.2, 0.25) is 0 Å². The first kappa shape index (κ1) is 27.6. The lowest BCUT2D eigenvalue weighted by molar-refractivity contribution is -0.137. The second kappa shape index (κ2) is 10.4. The molecule has 3 aliphatic rings. The van der Waals surface area contributed by atoms with E-state index in [2.05, 4.69) is 0 Å². The largest absolute Gasteiger partial charge is 0.508 e. The number of nitrogens with zero attached hydrogens (tertiary/aromatic N) is 3. The van der Waals surface area contributed by atoms with Crippen LogP contribution >= 0.6 is 23.1 Å². The summed E-state index contributed by atoms with van der Waals surface area (Å²) < 4.78 is 41.7. The summed E-state index contributed by atoms with van der Waals surface area (Å²) in [6, 6.07) is 10.1. The first-order valence-electron chi connectivity index (χ1n) is 13.1. The number of hydrogen-bond acceptors (Lipinski definition) is 7. The first-order chi connectivity index (χ1) is 19.5. The third-order valence-corrected chi connectivity index (χ3v) is 10.3. The normalized spacial score (nSPS) is 22.6. The van der Waals surface area contributed by atoms with Gasteiger partial charge in [0.05, 0.1) is 22.2 Å². The van der Waals surface area contributed by atoms with E-state index in [1.54, 1.807) is 17.0 Å². The molecule has 3 aromatic rings. The SMILES string of the molecule is O=C(Cn1c2c(sc1=O)[C@@H](c1ccc(O)cc1)C1C(=O)N(c3cccc(C(F)(F)F)c3)C(=O)C1S2)N1CCCCC1. The molecule has 41 heavy (non-hydrogen) atoms. The molecule has 0 saturated carbocycles. The quantitative estimate of drug-likeness (QED) is 0.443. The van der Waals surface area contributed by atoms with Crippen molar-refractivity contribution in [2.45, 2.75) is 48.2 Å². The lowest BCUT2D eigenvalue weighted by Gasteiger charge is -2.31. The molecule has 2 saturated heterocycles. The molecule has 214 valence electrons. The number of hydrogen-bond donors (Lipinski definition) is 1. The predicted octanol–water partition coefficient (Wildman–Crippen LogP) is 4.44. The molecule has 3 atom stereocenters. The van der Waals surface area contributed by atoms with E-state index in [0.29, 0.717) is 28.6 Å². The van der Waals surface area contributed by atoms with Gasteiger partial charge in [-0.3, -0.25) is 23.7 Å². The average Bonchev–Trinajstić information content (AvgIpc) is 3.39. The van der Waals surface area contributed by atoms with Crippen molar-refractivity contribution in [1.29, 1.82) is 0 Å². The second-order valence-electron chi connectivity index (χ2n) is 10.3. The molecule has 8 nitrogen and oxygen atoms in total. The van der Waals surface area contributed by atoms with Gasteiger partial charge in [0, 0.05) is 23.9 Å². The summed E-state index contributed by atoms with van der Waals surface area (Å²) in [5.41, 5.74) is -0.616. The van der Waals surface area contributed by atoms with Crippen molar-refractivity contribution in [2.75, 3.05) is 18.0 Å². The summed E-state index contributed by atoms with van der Waals surface area (Å²) in [7, 11) is 0. The van der Waals surface area contributed by atoms with Gasteiger partial charge in [0.25, 0.3) is 0 Å². The number of carbonyl (C=O) groups is 3. The maximum Gasteiger partial charge on any atom is 0.416 e. The Morgan fingerprint density at radius 2 is 1.68 bits per heavy atom. The number of alkyl halides is 3. The number of carbonyl (C=O) groups excluding carboxylic acids is 3. The van der Waals surface area contributed by atoms with Crippen LogP contribution in [0.5, 0.6) is 5.75 Å². The smallest absolute Gasteiger partial charge is 0.416 e. The van der Waals surface area contributed by atoms with Crippen LogP contribution in [-0.2, 0) is 27.1 Å².